The van der Waals surface area contributed by atoms with Crippen molar-refractivity contribution in [1.29, 1.82) is 0 Å². The molecule has 116 valence electrons. The summed E-state index contributed by atoms with van der Waals surface area (Å²) in [5.74, 6) is 0. The van der Waals surface area contributed by atoms with Gasteiger partial charge in [-0.3, -0.25) is 0 Å². The predicted molar refractivity (Wildman–Crippen MR) is 79.9 cm³/mol. The van der Waals surface area contributed by atoms with Gasteiger partial charge in [-0.25, -0.2) is 4.57 Å². The van der Waals surface area contributed by atoms with Crippen LogP contribution >= 0.6 is 0 Å². The zero-order valence-corrected chi connectivity index (χ0v) is 13.4. The minimum atomic E-state index is 0. The summed E-state index contributed by atoms with van der Waals surface area (Å²) < 4.78 is 2.27. The summed E-state index contributed by atoms with van der Waals surface area (Å²) in [5, 5.41) is 8.67. The molecule has 3 heteroatoms. The Hall–Kier alpha value is -0.600. The first kappa shape index (κ1) is 19.4. The average Bonchev–Trinajstić information content (AvgIpc) is 2.46. The van der Waals surface area contributed by atoms with Gasteiger partial charge < -0.3 is 17.5 Å². The Morgan fingerprint density at radius 1 is 0.600 bits per heavy atom. The second kappa shape index (κ2) is 14.8. The van der Waals surface area contributed by atoms with Crippen LogP contribution in [0.3, 0.4) is 0 Å². The molecular weight excluding hydrogens is 270 g/mol. The topological polar surface area (TPSA) is 24.1 Å². The SMILES string of the molecule is OCCCCCCCCCCCC[n+]1ccccc1.[Cl-]. The molecule has 1 rings (SSSR count). The molecule has 0 saturated carbocycles. The Labute approximate surface area is 130 Å². The molecule has 0 saturated heterocycles. The molecule has 0 fully saturated rings. The maximum atomic E-state index is 8.67. The second-order valence-corrected chi connectivity index (χ2v) is 5.37. The quantitative estimate of drug-likeness (QED) is 0.449. The summed E-state index contributed by atoms with van der Waals surface area (Å²) in [7, 11) is 0. The molecule has 0 aliphatic rings. The number of hydrogen-bond acceptors (Lipinski definition) is 1. The van der Waals surface area contributed by atoms with E-state index in [-0.39, 0.29) is 12.4 Å². The Bertz CT molecular complexity index is 292. The maximum absolute atomic E-state index is 8.67. The van der Waals surface area contributed by atoms with Crippen molar-refractivity contribution in [1.82, 2.24) is 0 Å². The lowest BCUT2D eigenvalue weighted by molar-refractivity contribution is -0.697. The average molecular weight is 300 g/mol. The van der Waals surface area contributed by atoms with Gasteiger partial charge in [-0.2, -0.15) is 0 Å². The largest absolute Gasteiger partial charge is 1.00 e. The van der Waals surface area contributed by atoms with Gasteiger partial charge in [-0.05, 0) is 12.8 Å². The number of halogens is 1. The van der Waals surface area contributed by atoms with Crippen LogP contribution in [-0.2, 0) is 6.54 Å². The van der Waals surface area contributed by atoms with Crippen LogP contribution in [0.1, 0.15) is 64.2 Å². The van der Waals surface area contributed by atoms with E-state index in [2.05, 4.69) is 35.2 Å². The van der Waals surface area contributed by atoms with Gasteiger partial charge in [-0.1, -0.05) is 51.0 Å². The van der Waals surface area contributed by atoms with E-state index in [1.165, 1.54) is 57.8 Å². The van der Waals surface area contributed by atoms with Gasteiger partial charge in [0, 0.05) is 25.2 Å². The van der Waals surface area contributed by atoms with Gasteiger partial charge in [0.15, 0.2) is 12.4 Å². The Balaban J connectivity index is 0.00000361. The van der Waals surface area contributed by atoms with Crippen molar-refractivity contribution in [3.8, 4) is 0 Å². The number of aromatic nitrogens is 1. The van der Waals surface area contributed by atoms with Crippen molar-refractivity contribution in [2.24, 2.45) is 0 Å². The fourth-order valence-corrected chi connectivity index (χ4v) is 2.40. The van der Waals surface area contributed by atoms with Crippen LogP contribution in [0, 0.1) is 0 Å². The molecule has 0 radical (unpaired) electrons. The van der Waals surface area contributed by atoms with Crippen LogP contribution in [0.2, 0.25) is 0 Å². The predicted octanol–water partition coefficient (Wildman–Crippen LogP) is 0.871. The third-order valence-electron chi connectivity index (χ3n) is 3.60. The molecule has 20 heavy (non-hydrogen) atoms. The van der Waals surface area contributed by atoms with Crippen molar-refractivity contribution < 1.29 is 22.1 Å². The number of aliphatic hydroxyl groups excluding tert-OH is 1. The van der Waals surface area contributed by atoms with Crippen LogP contribution in [0.4, 0.5) is 0 Å². The molecule has 0 aliphatic carbocycles. The van der Waals surface area contributed by atoms with Crippen molar-refractivity contribution in [2.45, 2.75) is 70.8 Å². The summed E-state index contributed by atoms with van der Waals surface area (Å²) in [6.45, 7) is 1.52. The highest BCUT2D eigenvalue weighted by molar-refractivity contribution is 4.83. The van der Waals surface area contributed by atoms with E-state index in [1.807, 2.05) is 0 Å². The normalized spacial score (nSPS) is 10.2. The molecule has 0 amide bonds. The lowest BCUT2D eigenvalue weighted by atomic mass is 10.1. The molecule has 0 spiro atoms. The third-order valence-corrected chi connectivity index (χ3v) is 3.60. The van der Waals surface area contributed by atoms with Gasteiger partial charge in [-0.15, -0.1) is 0 Å². The zero-order chi connectivity index (χ0) is 13.6. The summed E-state index contributed by atoms with van der Waals surface area (Å²) >= 11 is 0. The van der Waals surface area contributed by atoms with Gasteiger partial charge >= 0.3 is 0 Å². The molecule has 0 aromatic carbocycles. The van der Waals surface area contributed by atoms with E-state index in [4.69, 9.17) is 5.11 Å². The van der Waals surface area contributed by atoms with Crippen LogP contribution in [-0.4, -0.2) is 11.7 Å². The lowest BCUT2D eigenvalue weighted by Crippen LogP contribution is -3.00. The number of hydrogen-bond donors (Lipinski definition) is 1. The fourth-order valence-electron chi connectivity index (χ4n) is 2.40. The van der Waals surface area contributed by atoms with Crippen molar-refractivity contribution >= 4 is 0 Å². The fraction of sp³-hybridized carbons (Fsp3) is 0.706. The molecule has 0 bridgehead atoms. The number of pyridine rings is 1. The number of nitrogens with zero attached hydrogens (tertiary/aromatic N) is 1. The van der Waals surface area contributed by atoms with Crippen molar-refractivity contribution in [2.75, 3.05) is 6.61 Å². The number of unbranched alkanes of at least 4 members (excludes halogenated alkanes) is 9. The Morgan fingerprint density at radius 2 is 1.05 bits per heavy atom. The smallest absolute Gasteiger partial charge is 0.168 e. The minimum Gasteiger partial charge on any atom is -1.00 e. The van der Waals surface area contributed by atoms with Crippen LogP contribution in [0.25, 0.3) is 0 Å². The van der Waals surface area contributed by atoms with Crippen molar-refractivity contribution in [3.05, 3.63) is 30.6 Å². The van der Waals surface area contributed by atoms with Crippen LogP contribution in [0.15, 0.2) is 30.6 Å². The molecular formula is C17H30ClNO. The minimum absolute atomic E-state index is 0. The Kier molecular flexibility index (Phi) is 14.4. The molecule has 0 aliphatic heterocycles. The molecule has 2 nitrogen and oxygen atoms in total. The first-order valence-electron chi connectivity index (χ1n) is 7.98. The third kappa shape index (κ3) is 11.2. The highest BCUT2D eigenvalue weighted by atomic mass is 35.5. The van der Waals surface area contributed by atoms with Gasteiger partial charge in [0.2, 0.25) is 0 Å². The monoisotopic (exact) mass is 299 g/mol. The van der Waals surface area contributed by atoms with E-state index >= 15 is 0 Å². The zero-order valence-electron chi connectivity index (χ0n) is 12.6. The highest BCUT2D eigenvalue weighted by Gasteiger charge is 1.97. The molecule has 1 heterocycles. The van der Waals surface area contributed by atoms with Crippen molar-refractivity contribution in [3.63, 3.8) is 0 Å². The number of aryl methyl sites for hydroxylation is 1. The lowest BCUT2D eigenvalue weighted by Gasteiger charge is -2.01. The van der Waals surface area contributed by atoms with E-state index in [0.717, 1.165) is 13.0 Å². The van der Waals surface area contributed by atoms with Gasteiger partial charge in [0.1, 0.15) is 6.54 Å². The first-order valence-corrected chi connectivity index (χ1v) is 7.98. The summed E-state index contributed by atoms with van der Waals surface area (Å²) in [4.78, 5) is 0. The van der Waals surface area contributed by atoms with Gasteiger partial charge in [0.05, 0.1) is 0 Å². The van der Waals surface area contributed by atoms with E-state index < -0.39 is 0 Å². The first-order chi connectivity index (χ1) is 9.43. The molecule has 0 unspecified atom stereocenters. The number of rotatable bonds is 12. The second-order valence-electron chi connectivity index (χ2n) is 5.37. The summed E-state index contributed by atoms with van der Waals surface area (Å²) in [6, 6.07) is 6.25. The number of aliphatic hydroxyl groups is 1. The van der Waals surface area contributed by atoms with Gasteiger partial charge in [0.25, 0.3) is 0 Å². The summed E-state index contributed by atoms with van der Waals surface area (Å²) in [6.07, 6.45) is 17.3. The standard InChI is InChI=1S/C17H30NO.ClH/c19-17-13-8-6-4-2-1-3-5-7-10-14-18-15-11-9-12-16-18;/h9,11-12,15-16,19H,1-8,10,13-14,17H2;1H/q+1;/p-1. The van der Waals surface area contributed by atoms with E-state index in [1.54, 1.807) is 0 Å². The van der Waals surface area contributed by atoms with E-state index in [0.29, 0.717) is 6.61 Å². The molecule has 1 N–H and O–H groups in total. The molecule has 1 aromatic rings. The molecule has 1 aromatic heterocycles. The summed E-state index contributed by atoms with van der Waals surface area (Å²) in [5.41, 5.74) is 0. The maximum Gasteiger partial charge on any atom is 0.168 e. The van der Waals surface area contributed by atoms with E-state index in [9.17, 15) is 0 Å². The molecule has 0 atom stereocenters. The highest BCUT2D eigenvalue weighted by Crippen LogP contribution is 2.10. The van der Waals surface area contributed by atoms with Crippen LogP contribution in [0.5, 0.6) is 0 Å². The Morgan fingerprint density at radius 3 is 1.55 bits per heavy atom. The van der Waals surface area contributed by atoms with Crippen LogP contribution < -0.4 is 17.0 Å².